The van der Waals surface area contributed by atoms with Gasteiger partial charge in [-0.15, -0.1) is 0 Å². The molecule has 0 aliphatic carbocycles. The Labute approximate surface area is 276 Å². The Bertz CT molecular complexity index is 1410. The topological polar surface area (TPSA) is 168 Å². The molecule has 5 N–H and O–H groups in total. The number of nitrogens with zero attached hydrogens (tertiary/aromatic N) is 2. The van der Waals surface area contributed by atoms with E-state index in [4.69, 9.17) is 43.6 Å². The second-order valence-corrected chi connectivity index (χ2v) is 10.5. The highest BCUT2D eigenvalue weighted by molar-refractivity contribution is 6.33. The molecule has 0 bridgehead atoms. The Morgan fingerprint density at radius 3 is 1.59 bits per heavy atom. The van der Waals surface area contributed by atoms with Crippen LogP contribution >= 0.6 is 23.2 Å². The van der Waals surface area contributed by atoms with Crippen LogP contribution < -0.4 is 10.2 Å². The van der Waals surface area contributed by atoms with Crippen LogP contribution in [-0.2, 0) is 19.2 Å². The third kappa shape index (κ3) is 14.9. The standard InChI is InChI=1S/C25H27Cl2N3.2C4H4O4/c26-22-12-10-21(11-13-22)25(20-6-2-1-3-7-20)28-14-15-29-16-18-30(19-17-29)24-9-5-4-8-23(24)27;2*5-3(6)1-2-4(7)8/h1-13,25,28H,14-19H2;2*1-2H,(H,5,6)(H,7,8)/b;2*2-1-. The van der Waals surface area contributed by atoms with Gasteiger partial charge < -0.3 is 30.6 Å². The second kappa shape index (κ2) is 20.4. The first kappa shape index (κ1) is 37.5. The van der Waals surface area contributed by atoms with Gasteiger partial charge in [-0.25, -0.2) is 19.2 Å². The van der Waals surface area contributed by atoms with Crippen molar-refractivity contribution in [3.05, 3.63) is 124 Å². The van der Waals surface area contributed by atoms with Gasteiger partial charge in [0, 0.05) is 68.6 Å². The van der Waals surface area contributed by atoms with Gasteiger partial charge in [-0.2, -0.15) is 0 Å². The average molecular weight is 673 g/mol. The van der Waals surface area contributed by atoms with Crippen molar-refractivity contribution in [2.24, 2.45) is 0 Å². The molecule has 0 amide bonds. The van der Waals surface area contributed by atoms with Gasteiger partial charge in [-0.05, 0) is 35.4 Å². The molecule has 1 unspecified atom stereocenters. The smallest absolute Gasteiger partial charge is 0.328 e. The monoisotopic (exact) mass is 671 g/mol. The van der Waals surface area contributed by atoms with Crippen molar-refractivity contribution in [2.45, 2.75) is 6.04 Å². The van der Waals surface area contributed by atoms with E-state index < -0.39 is 23.9 Å². The number of para-hydroxylation sites is 1. The molecule has 0 radical (unpaired) electrons. The molecular weight excluding hydrogens is 637 g/mol. The molecule has 4 rings (SSSR count). The molecule has 0 saturated carbocycles. The number of hydrogen-bond donors (Lipinski definition) is 5. The van der Waals surface area contributed by atoms with Crippen LogP contribution in [0.1, 0.15) is 17.2 Å². The molecule has 1 saturated heterocycles. The van der Waals surface area contributed by atoms with Crippen LogP contribution in [0.2, 0.25) is 10.0 Å². The largest absolute Gasteiger partial charge is 0.478 e. The average Bonchev–Trinajstić information content (AvgIpc) is 3.03. The summed E-state index contributed by atoms with van der Waals surface area (Å²) in [4.78, 5) is 43.1. The fourth-order valence-electron chi connectivity index (χ4n) is 4.30. The third-order valence-corrected chi connectivity index (χ3v) is 6.99. The number of halogens is 2. The zero-order valence-electron chi connectivity index (χ0n) is 24.7. The number of carboxylic acids is 4. The molecule has 13 heteroatoms. The number of nitrogens with one attached hydrogen (secondary N) is 1. The van der Waals surface area contributed by atoms with Crippen molar-refractivity contribution in [1.82, 2.24) is 10.2 Å². The maximum Gasteiger partial charge on any atom is 0.328 e. The number of benzene rings is 3. The van der Waals surface area contributed by atoms with Crippen molar-refractivity contribution in [3.63, 3.8) is 0 Å². The number of anilines is 1. The molecule has 3 aromatic carbocycles. The molecule has 244 valence electrons. The number of aliphatic carboxylic acids is 4. The molecule has 1 aliphatic heterocycles. The summed E-state index contributed by atoms with van der Waals surface area (Å²) in [5.41, 5.74) is 3.64. The van der Waals surface area contributed by atoms with Crippen molar-refractivity contribution >= 4 is 52.8 Å². The van der Waals surface area contributed by atoms with Crippen LogP contribution in [0.4, 0.5) is 5.69 Å². The van der Waals surface area contributed by atoms with Crippen LogP contribution in [0, 0.1) is 0 Å². The van der Waals surface area contributed by atoms with Crippen LogP contribution in [-0.4, -0.2) is 88.5 Å². The fourth-order valence-corrected chi connectivity index (χ4v) is 4.68. The SMILES string of the molecule is Clc1ccc(C(NCCN2CCN(c3ccccc3Cl)CC2)c2ccccc2)cc1.O=C(O)/C=C\C(=O)O.O=C(O)/C=C\C(=O)O. The number of piperazine rings is 1. The van der Waals surface area contributed by atoms with Gasteiger partial charge in [0.1, 0.15) is 0 Å². The fraction of sp³-hybridized carbons (Fsp3) is 0.212. The Kier molecular flexibility index (Phi) is 16.6. The lowest BCUT2D eigenvalue weighted by Crippen LogP contribution is -2.48. The van der Waals surface area contributed by atoms with Crippen LogP contribution in [0.25, 0.3) is 0 Å². The quantitative estimate of drug-likeness (QED) is 0.176. The van der Waals surface area contributed by atoms with E-state index in [1.54, 1.807) is 0 Å². The van der Waals surface area contributed by atoms with Crippen LogP contribution in [0.3, 0.4) is 0 Å². The van der Waals surface area contributed by atoms with Crippen LogP contribution in [0.15, 0.2) is 103 Å². The minimum atomic E-state index is -1.26. The van der Waals surface area contributed by atoms with E-state index in [0.717, 1.165) is 55.0 Å². The van der Waals surface area contributed by atoms with Gasteiger partial charge in [0.25, 0.3) is 0 Å². The molecular formula is C33H35Cl2N3O8. The first-order valence-corrected chi connectivity index (χ1v) is 14.7. The minimum absolute atomic E-state index is 0.160. The Hall–Kier alpha value is -4.68. The van der Waals surface area contributed by atoms with Gasteiger partial charge >= 0.3 is 23.9 Å². The van der Waals surface area contributed by atoms with E-state index in [-0.39, 0.29) is 6.04 Å². The summed E-state index contributed by atoms with van der Waals surface area (Å²) in [6.45, 7) is 6.04. The van der Waals surface area contributed by atoms with E-state index in [2.05, 4.69) is 69.7 Å². The molecule has 1 aliphatic rings. The molecule has 1 heterocycles. The normalized spacial score (nSPS) is 13.7. The number of hydrogen-bond acceptors (Lipinski definition) is 7. The van der Waals surface area contributed by atoms with Gasteiger partial charge in [0.2, 0.25) is 0 Å². The summed E-state index contributed by atoms with van der Waals surface area (Å²) in [5.74, 6) is -5.03. The van der Waals surface area contributed by atoms with E-state index in [9.17, 15) is 19.2 Å². The summed E-state index contributed by atoms with van der Waals surface area (Å²) < 4.78 is 0. The van der Waals surface area contributed by atoms with E-state index in [1.165, 1.54) is 11.1 Å². The highest BCUT2D eigenvalue weighted by Gasteiger charge is 2.19. The summed E-state index contributed by atoms with van der Waals surface area (Å²) in [6, 6.07) is 27.0. The summed E-state index contributed by atoms with van der Waals surface area (Å²) in [5, 5.41) is 36.6. The third-order valence-electron chi connectivity index (χ3n) is 6.42. The maximum absolute atomic E-state index is 9.55. The predicted octanol–water partition coefficient (Wildman–Crippen LogP) is 4.92. The van der Waals surface area contributed by atoms with Gasteiger partial charge in [-0.3, -0.25) is 4.90 Å². The lowest BCUT2D eigenvalue weighted by molar-refractivity contribution is -0.134. The highest BCUT2D eigenvalue weighted by Crippen LogP contribution is 2.26. The second-order valence-electron chi connectivity index (χ2n) is 9.65. The molecule has 11 nitrogen and oxygen atoms in total. The van der Waals surface area contributed by atoms with Crippen molar-refractivity contribution in [3.8, 4) is 0 Å². The lowest BCUT2D eigenvalue weighted by atomic mass is 9.99. The molecule has 46 heavy (non-hydrogen) atoms. The Morgan fingerprint density at radius 1 is 0.652 bits per heavy atom. The number of carboxylic acid groups (broad SMARTS) is 4. The van der Waals surface area contributed by atoms with E-state index >= 15 is 0 Å². The Balaban J connectivity index is 0.000000381. The van der Waals surface area contributed by atoms with Crippen molar-refractivity contribution < 1.29 is 39.6 Å². The predicted molar refractivity (Wildman–Crippen MR) is 177 cm³/mol. The van der Waals surface area contributed by atoms with Crippen molar-refractivity contribution in [2.75, 3.05) is 44.2 Å². The highest BCUT2D eigenvalue weighted by atomic mass is 35.5. The first-order chi connectivity index (χ1) is 22.0. The van der Waals surface area contributed by atoms with E-state index in [1.807, 2.05) is 24.3 Å². The molecule has 3 aromatic rings. The van der Waals surface area contributed by atoms with E-state index in [0.29, 0.717) is 24.3 Å². The summed E-state index contributed by atoms with van der Waals surface area (Å²) in [7, 11) is 0. The molecule has 1 fully saturated rings. The summed E-state index contributed by atoms with van der Waals surface area (Å²) >= 11 is 12.5. The zero-order chi connectivity index (χ0) is 33.9. The summed E-state index contributed by atoms with van der Waals surface area (Å²) in [6.07, 6.45) is 2.23. The van der Waals surface area contributed by atoms with Crippen molar-refractivity contribution in [1.29, 1.82) is 0 Å². The van der Waals surface area contributed by atoms with Crippen LogP contribution in [0.5, 0.6) is 0 Å². The number of carbonyl (C=O) groups is 4. The Morgan fingerprint density at radius 2 is 1.11 bits per heavy atom. The lowest BCUT2D eigenvalue weighted by Gasteiger charge is -2.36. The molecule has 0 aromatic heterocycles. The minimum Gasteiger partial charge on any atom is -0.478 e. The zero-order valence-corrected chi connectivity index (χ0v) is 26.2. The molecule has 1 atom stereocenters. The first-order valence-electron chi connectivity index (χ1n) is 14.0. The van der Waals surface area contributed by atoms with Gasteiger partial charge in [0.05, 0.1) is 16.8 Å². The number of rotatable bonds is 11. The maximum atomic E-state index is 9.55. The van der Waals surface area contributed by atoms with Gasteiger partial charge in [-0.1, -0.05) is 77.8 Å². The molecule has 0 spiro atoms. The van der Waals surface area contributed by atoms with Gasteiger partial charge in [0.15, 0.2) is 0 Å².